The van der Waals surface area contributed by atoms with E-state index < -0.39 is 13.7 Å². The monoisotopic (exact) mass is 765 g/mol. The first-order chi connectivity index (χ1) is 24.0. The Morgan fingerprint density at radius 2 is 1.56 bits per heavy atom. The quantitative estimate of drug-likeness (QED) is 0.168. The second kappa shape index (κ2) is 13.0. The van der Waals surface area contributed by atoms with Crippen LogP contribution in [-0.4, -0.2) is 9.97 Å². The summed E-state index contributed by atoms with van der Waals surface area (Å²) >= 11 is 0. The molecule has 0 aliphatic heterocycles. The number of hydrogen-bond donors (Lipinski definition) is 0. The van der Waals surface area contributed by atoms with E-state index in [9.17, 15) is 0 Å². The standard InChI is InChI=1S/C28H18NO.C13H12N.Ir/c1-18-7-6-16-29-28(18)20-9-4-8-19(17-20)21-11-5-12-23-22(21)14-15-26-27(23)24-10-2-3-13-25(24)30-26;1-10-3-6-12(7-4-10)13-8-5-11(2)9-14-13;/h2-8,10-17H,1H3;3-6,8-9H,1-2H3;/q2*-1;/i;1D3,2D3;. The van der Waals surface area contributed by atoms with Gasteiger partial charge >= 0.3 is 0 Å². The number of hydrogen-bond acceptors (Lipinski definition) is 3. The second-order valence-electron chi connectivity index (χ2n) is 10.5. The van der Waals surface area contributed by atoms with Gasteiger partial charge in [-0.05, 0) is 65.3 Å². The van der Waals surface area contributed by atoms with Gasteiger partial charge in [-0.15, -0.1) is 70.8 Å². The van der Waals surface area contributed by atoms with Gasteiger partial charge in [0.05, 0.1) is 0 Å². The Morgan fingerprint density at radius 3 is 2.36 bits per heavy atom. The Labute approximate surface area is 285 Å². The maximum atomic E-state index is 7.28. The number of nitrogens with zero attached hydrogens (tertiary/aromatic N) is 2. The summed E-state index contributed by atoms with van der Waals surface area (Å²) in [5, 5.41) is 4.75. The van der Waals surface area contributed by atoms with Crippen LogP contribution in [0.1, 0.15) is 24.9 Å². The Hall–Kier alpha value is -4.89. The average Bonchev–Trinajstić information content (AvgIpc) is 3.51. The molecule has 0 aliphatic carbocycles. The van der Waals surface area contributed by atoms with Crippen LogP contribution in [0.15, 0.2) is 132 Å². The second-order valence-corrected chi connectivity index (χ2v) is 10.5. The first-order valence-electron chi connectivity index (χ1n) is 17.2. The van der Waals surface area contributed by atoms with E-state index in [4.69, 9.17) is 12.6 Å². The van der Waals surface area contributed by atoms with E-state index >= 15 is 0 Å². The third kappa shape index (κ3) is 6.08. The number of aryl methyl sites for hydroxylation is 3. The number of para-hydroxylation sites is 1. The minimum absolute atomic E-state index is 0. The molecule has 8 aromatic rings. The summed E-state index contributed by atoms with van der Waals surface area (Å²) in [5.74, 6) is 0. The number of fused-ring (bicyclic) bond motifs is 5. The van der Waals surface area contributed by atoms with Crippen LogP contribution in [0.5, 0.6) is 0 Å². The third-order valence-corrected chi connectivity index (χ3v) is 7.63. The fourth-order valence-electron chi connectivity index (χ4n) is 5.51. The molecule has 0 fully saturated rings. The zero-order valence-corrected chi connectivity index (χ0v) is 26.7. The van der Waals surface area contributed by atoms with Crippen molar-refractivity contribution in [3.63, 3.8) is 0 Å². The van der Waals surface area contributed by atoms with Crippen LogP contribution < -0.4 is 0 Å². The molecule has 0 unspecified atom stereocenters. The molecule has 0 atom stereocenters. The molecule has 0 bridgehead atoms. The minimum Gasteiger partial charge on any atom is -0.456 e. The van der Waals surface area contributed by atoms with Crippen molar-refractivity contribution in [1.82, 2.24) is 9.97 Å². The number of aromatic nitrogens is 2. The van der Waals surface area contributed by atoms with Gasteiger partial charge in [-0.2, -0.15) is 0 Å². The van der Waals surface area contributed by atoms with E-state index in [0.29, 0.717) is 11.3 Å². The zero-order chi connectivity index (χ0) is 35.0. The largest absolute Gasteiger partial charge is 0.456 e. The Bertz CT molecular complexity index is 2410. The van der Waals surface area contributed by atoms with Crippen LogP contribution in [0.3, 0.4) is 0 Å². The van der Waals surface area contributed by atoms with E-state index in [0.717, 1.165) is 38.9 Å². The molecule has 5 aromatic carbocycles. The Morgan fingerprint density at radius 1 is 0.689 bits per heavy atom. The summed E-state index contributed by atoms with van der Waals surface area (Å²) < 4.78 is 49.7. The number of pyridine rings is 2. The molecule has 0 N–H and O–H groups in total. The number of furan rings is 1. The van der Waals surface area contributed by atoms with Gasteiger partial charge < -0.3 is 14.4 Å². The van der Waals surface area contributed by atoms with Crippen molar-refractivity contribution >= 4 is 32.7 Å². The molecule has 1 radical (unpaired) electrons. The van der Waals surface area contributed by atoms with Crippen molar-refractivity contribution in [1.29, 1.82) is 0 Å². The molecule has 3 heterocycles. The van der Waals surface area contributed by atoms with E-state index in [-0.39, 0.29) is 31.2 Å². The van der Waals surface area contributed by atoms with E-state index in [1.807, 2.05) is 30.5 Å². The van der Waals surface area contributed by atoms with Gasteiger partial charge in [0.25, 0.3) is 0 Å². The van der Waals surface area contributed by atoms with Crippen LogP contribution in [-0.2, 0) is 20.1 Å². The maximum absolute atomic E-state index is 7.28. The van der Waals surface area contributed by atoms with Gasteiger partial charge in [0.1, 0.15) is 11.2 Å². The summed E-state index contributed by atoms with van der Waals surface area (Å²) in [6.45, 7) is -2.25. The SMILES string of the molecule is Cc1cccnc1-c1[c-]ccc(-c2cccc3c2ccc2oc4ccccc4c23)c1.[2H]C([2H])([2H])c1c[c-]c(-c2ccc(C([2H])([2H])[2H])cn2)cc1.[Ir]. The summed E-state index contributed by atoms with van der Waals surface area (Å²) in [6.07, 6.45) is 3.13. The molecule has 0 aliphatic rings. The summed E-state index contributed by atoms with van der Waals surface area (Å²) in [7, 11) is 0. The van der Waals surface area contributed by atoms with E-state index in [2.05, 4.69) is 89.7 Å². The molecular formula is C41H30IrN2O-2. The van der Waals surface area contributed by atoms with Gasteiger partial charge in [-0.1, -0.05) is 73.1 Å². The molecule has 0 amide bonds. The van der Waals surface area contributed by atoms with Crippen molar-refractivity contribution in [3.8, 4) is 33.6 Å². The van der Waals surface area contributed by atoms with Crippen molar-refractivity contribution in [2.45, 2.75) is 20.6 Å². The van der Waals surface area contributed by atoms with Gasteiger partial charge in [0, 0.05) is 51.5 Å². The topological polar surface area (TPSA) is 38.9 Å². The molecule has 0 saturated heterocycles. The van der Waals surface area contributed by atoms with Crippen LogP contribution in [0.2, 0.25) is 0 Å². The van der Waals surface area contributed by atoms with Gasteiger partial charge in [0.15, 0.2) is 0 Å². The fraction of sp³-hybridized carbons (Fsp3) is 0.0732. The van der Waals surface area contributed by atoms with E-state index in [1.54, 1.807) is 12.1 Å². The Balaban J connectivity index is 0.000000188. The molecular weight excluding hydrogens is 729 g/mol. The molecule has 3 nitrogen and oxygen atoms in total. The first-order valence-corrected chi connectivity index (χ1v) is 14.2. The van der Waals surface area contributed by atoms with Crippen molar-refractivity contribution < 1.29 is 32.7 Å². The summed E-state index contributed by atoms with van der Waals surface area (Å²) in [4.78, 5) is 8.65. The van der Waals surface area contributed by atoms with Gasteiger partial charge in [-0.3, -0.25) is 0 Å². The molecule has 221 valence electrons. The summed E-state index contributed by atoms with van der Waals surface area (Å²) in [6, 6.07) is 43.1. The number of rotatable bonds is 3. The van der Waals surface area contributed by atoms with Gasteiger partial charge in [0.2, 0.25) is 0 Å². The normalized spacial score (nSPS) is 13.4. The predicted octanol–water partition coefficient (Wildman–Crippen LogP) is 10.7. The molecule has 3 aromatic heterocycles. The molecule has 8 rings (SSSR count). The zero-order valence-electron chi connectivity index (χ0n) is 30.3. The molecule has 0 spiro atoms. The molecule has 0 saturated carbocycles. The average molecular weight is 765 g/mol. The smallest absolute Gasteiger partial charge is 0.136 e. The van der Waals surface area contributed by atoms with Crippen LogP contribution in [0.4, 0.5) is 0 Å². The molecule has 4 heteroatoms. The van der Waals surface area contributed by atoms with E-state index in [1.165, 1.54) is 46.1 Å². The Kier molecular flexibility index (Phi) is 6.78. The number of benzene rings is 5. The van der Waals surface area contributed by atoms with Gasteiger partial charge in [-0.25, -0.2) is 0 Å². The predicted molar refractivity (Wildman–Crippen MR) is 181 cm³/mol. The fourth-order valence-corrected chi connectivity index (χ4v) is 5.51. The first kappa shape index (κ1) is 23.5. The van der Waals surface area contributed by atoms with Crippen molar-refractivity contribution in [2.24, 2.45) is 0 Å². The van der Waals surface area contributed by atoms with Crippen molar-refractivity contribution in [3.05, 3.63) is 156 Å². The third-order valence-electron chi connectivity index (χ3n) is 7.63. The summed E-state index contributed by atoms with van der Waals surface area (Å²) in [5.41, 5.74) is 8.89. The van der Waals surface area contributed by atoms with Crippen LogP contribution in [0, 0.1) is 32.8 Å². The molecule has 45 heavy (non-hydrogen) atoms. The van der Waals surface area contributed by atoms with Crippen molar-refractivity contribution in [2.75, 3.05) is 0 Å². The van der Waals surface area contributed by atoms with Crippen LogP contribution in [0.25, 0.3) is 66.4 Å². The maximum Gasteiger partial charge on any atom is 0.136 e. The van der Waals surface area contributed by atoms with Crippen LogP contribution >= 0.6 is 0 Å². The minimum atomic E-state index is -2.18.